The Bertz CT molecular complexity index is 133. The zero-order valence-electron chi connectivity index (χ0n) is 12.1. The van der Waals surface area contributed by atoms with Gasteiger partial charge in [0.15, 0.2) is 0 Å². The Morgan fingerprint density at radius 1 is 0.588 bits per heavy atom. The van der Waals surface area contributed by atoms with Crippen LogP contribution < -0.4 is 0 Å². The molecule has 0 aliphatic carbocycles. The van der Waals surface area contributed by atoms with Crippen LogP contribution in [0.3, 0.4) is 0 Å². The number of halogens is 1. The van der Waals surface area contributed by atoms with Crippen LogP contribution in [0.4, 0.5) is 4.39 Å². The third kappa shape index (κ3) is 13.9. The molecular formula is C16H33F. The predicted molar refractivity (Wildman–Crippen MR) is 76.3 cm³/mol. The first-order valence-electron chi connectivity index (χ1n) is 7.95. The Morgan fingerprint density at radius 2 is 0.941 bits per heavy atom. The number of alkyl halides is 1. The van der Waals surface area contributed by atoms with E-state index in [-0.39, 0.29) is 0 Å². The standard InChI is InChI=1S/C16H33F/c1-3-5-7-8-9-10-11-13-15-16(17)14-12-6-4-2/h16H,3-15H2,1-2H3. The van der Waals surface area contributed by atoms with Crippen molar-refractivity contribution in [2.75, 3.05) is 0 Å². The Morgan fingerprint density at radius 3 is 1.47 bits per heavy atom. The molecule has 0 aromatic rings. The predicted octanol–water partition coefficient (Wildman–Crippen LogP) is 6.44. The van der Waals surface area contributed by atoms with E-state index in [0.29, 0.717) is 0 Å². The molecule has 0 amide bonds. The van der Waals surface area contributed by atoms with Crippen LogP contribution >= 0.6 is 0 Å². The highest BCUT2D eigenvalue weighted by molar-refractivity contribution is 4.57. The monoisotopic (exact) mass is 244 g/mol. The third-order valence-electron chi connectivity index (χ3n) is 3.49. The quantitative estimate of drug-likeness (QED) is 0.327. The van der Waals surface area contributed by atoms with E-state index < -0.39 is 6.17 Å². The number of unbranched alkanes of at least 4 members (excludes halogenated alkanes) is 9. The maximum atomic E-state index is 13.4. The fourth-order valence-corrected chi connectivity index (χ4v) is 2.26. The number of hydrogen-bond donors (Lipinski definition) is 0. The van der Waals surface area contributed by atoms with Crippen LogP contribution in [0.2, 0.25) is 0 Å². The summed E-state index contributed by atoms with van der Waals surface area (Å²) in [6.07, 6.45) is 15.0. The molecular weight excluding hydrogens is 211 g/mol. The van der Waals surface area contributed by atoms with Gasteiger partial charge in [-0.05, 0) is 12.8 Å². The lowest BCUT2D eigenvalue weighted by molar-refractivity contribution is 0.279. The number of rotatable bonds is 13. The lowest BCUT2D eigenvalue weighted by Crippen LogP contribution is -1.99. The summed E-state index contributed by atoms with van der Waals surface area (Å²) in [6, 6.07) is 0. The molecule has 1 atom stereocenters. The van der Waals surface area contributed by atoms with Crippen molar-refractivity contribution in [1.29, 1.82) is 0 Å². The molecule has 17 heavy (non-hydrogen) atoms. The van der Waals surface area contributed by atoms with Gasteiger partial charge in [0.05, 0.1) is 0 Å². The average molecular weight is 244 g/mol. The number of hydrogen-bond acceptors (Lipinski definition) is 0. The van der Waals surface area contributed by atoms with E-state index in [2.05, 4.69) is 13.8 Å². The van der Waals surface area contributed by atoms with Crippen LogP contribution in [0.1, 0.15) is 97.3 Å². The summed E-state index contributed by atoms with van der Waals surface area (Å²) < 4.78 is 13.4. The van der Waals surface area contributed by atoms with Gasteiger partial charge >= 0.3 is 0 Å². The molecule has 0 fully saturated rings. The van der Waals surface area contributed by atoms with Gasteiger partial charge in [-0.2, -0.15) is 0 Å². The van der Waals surface area contributed by atoms with Crippen molar-refractivity contribution in [2.24, 2.45) is 0 Å². The summed E-state index contributed by atoms with van der Waals surface area (Å²) in [4.78, 5) is 0. The summed E-state index contributed by atoms with van der Waals surface area (Å²) in [7, 11) is 0. The van der Waals surface area contributed by atoms with E-state index in [4.69, 9.17) is 0 Å². The minimum atomic E-state index is -0.526. The fraction of sp³-hybridized carbons (Fsp3) is 1.00. The van der Waals surface area contributed by atoms with Crippen LogP contribution in [0.15, 0.2) is 0 Å². The summed E-state index contributed by atoms with van der Waals surface area (Å²) in [5, 5.41) is 0. The Hall–Kier alpha value is -0.0700. The zero-order valence-corrected chi connectivity index (χ0v) is 12.1. The molecule has 0 nitrogen and oxygen atoms in total. The van der Waals surface area contributed by atoms with E-state index in [1.807, 2.05) is 0 Å². The van der Waals surface area contributed by atoms with Crippen molar-refractivity contribution in [1.82, 2.24) is 0 Å². The van der Waals surface area contributed by atoms with Gasteiger partial charge in [0.25, 0.3) is 0 Å². The Kier molecular flexibility index (Phi) is 13.9. The molecule has 0 aromatic heterocycles. The Balaban J connectivity index is 3.05. The Labute approximate surface area is 108 Å². The molecule has 0 heterocycles. The van der Waals surface area contributed by atoms with Crippen molar-refractivity contribution >= 4 is 0 Å². The lowest BCUT2D eigenvalue weighted by Gasteiger charge is -2.07. The van der Waals surface area contributed by atoms with Gasteiger partial charge in [0.2, 0.25) is 0 Å². The van der Waals surface area contributed by atoms with Crippen molar-refractivity contribution in [3.63, 3.8) is 0 Å². The van der Waals surface area contributed by atoms with E-state index in [1.165, 1.54) is 57.8 Å². The first kappa shape index (κ1) is 16.9. The van der Waals surface area contributed by atoms with Gasteiger partial charge < -0.3 is 0 Å². The molecule has 0 rings (SSSR count). The molecule has 0 aliphatic heterocycles. The minimum Gasteiger partial charge on any atom is -0.247 e. The molecule has 0 spiro atoms. The SMILES string of the molecule is CCCCCCCCCCC(F)CCCCC. The smallest absolute Gasteiger partial charge is 0.100 e. The molecule has 0 aromatic carbocycles. The molecule has 0 radical (unpaired) electrons. The van der Waals surface area contributed by atoms with E-state index in [1.54, 1.807) is 0 Å². The summed E-state index contributed by atoms with van der Waals surface area (Å²) in [5.74, 6) is 0. The van der Waals surface area contributed by atoms with E-state index in [0.717, 1.165) is 25.7 Å². The highest BCUT2D eigenvalue weighted by Crippen LogP contribution is 2.15. The summed E-state index contributed by atoms with van der Waals surface area (Å²) in [6.45, 7) is 4.42. The molecule has 0 saturated carbocycles. The first-order valence-corrected chi connectivity index (χ1v) is 7.95. The van der Waals surface area contributed by atoms with Gasteiger partial charge in [-0.25, -0.2) is 4.39 Å². The molecule has 0 aliphatic rings. The molecule has 1 heteroatoms. The van der Waals surface area contributed by atoms with Gasteiger partial charge in [-0.3, -0.25) is 0 Å². The van der Waals surface area contributed by atoms with Crippen molar-refractivity contribution < 1.29 is 4.39 Å². The second kappa shape index (κ2) is 14.0. The van der Waals surface area contributed by atoms with Gasteiger partial charge in [0.1, 0.15) is 6.17 Å². The normalized spacial score (nSPS) is 12.9. The van der Waals surface area contributed by atoms with E-state index >= 15 is 0 Å². The zero-order chi connectivity index (χ0) is 12.8. The molecule has 0 bridgehead atoms. The van der Waals surface area contributed by atoms with Crippen LogP contribution in [0.25, 0.3) is 0 Å². The molecule has 1 unspecified atom stereocenters. The second-order valence-corrected chi connectivity index (χ2v) is 5.36. The second-order valence-electron chi connectivity index (χ2n) is 5.36. The highest BCUT2D eigenvalue weighted by atomic mass is 19.1. The van der Waals surface area contributed by atoms with Crippen LogP contribution in [0.5, 0.6) is 0 Å². The van der Waals surface area contributed by atoms with E-state index in [9.17, 15) is 4.39 Å². The lowest BCUT2D eigenvalue weighted by atomic mass is 10.0. The van der Waals surface area contributed by atoms with Gasteiger partial charge in [-0.15, -0.1) is 0 Å². The highest BCUT2D eigenvalue weighted by Gasteiger charge is 2.05. The fourth-order valence-electron chi connectivity index (χ4n) is 2.26. The van der Waals surface area contributed by atoms with Gasteiger partial charge in [-0.1, -0.05) is 84.5 Å². The first-order chi connectivity index (χ1) is 8.31. The molecule has 104 valence electrons. The van der Waals surface area contributed by atoms with Crippen LogP contribution in [-0.2, 0) is 0 Å². The maximum Gasteiger partial charge on any atom is 0.100 e. The largest absolute Gasteiger partial charge is 0.247 e. The van der Waals surface area contributed by atoms with Gasteiger partial charge in [0, 0.05) is 0 Å². The average Bonchev–Trinajstić information content (AvgIpc) is 2.33. The van der Waals surface area contributed by atoms with Crippen molar-refractivity contribution in [3.05, 3.63) is 0 Å². The maximum absolute atomic E-state index is 13.4. The van der Waals surface area contributed by atoms with Crippen LogP contribution in [-0.4, -0.2) is 6.17 Å². The third-order valence-corrected chi connectivity index (χ3v) is 3.49. The molecule has 0 saturated heterocycles. The summed E-state index contributed by atoms with van der Waals surface area (Å²) >= 11 is 0. The topological polar surface area (TPSA) is 0 Å². The van der Waals surface area contributed by atoms with Crippen molar-refractivity contribution in [2.45, 2.75) is 103 Å². The van der Waals surface area contributed by atoms with Crippen LogP contribution in [0, 0.1) is 0 Å². The minimum absolute atomic E-state index is 0.526. The molecule has 0 N–H and O–H groups in total. The summed E-state index contributed by atoms with van der Waals surface area (Å²) in [5.41, 5.74) is 0. The van der Waals surface area contributed by atoms with Crippen molar-refractivity contribution in [3.8, 4) is 0 Å².